The van der Waals surface area contributed by atoms with Crippen molar-refractivity contribution in [2.45, 2.75) is 11.1 Å². The van der Waals surface area contributed by atoms with Gasteiger partial charge in [0.2, 0.25) is 6.79 Å². The van der Waals surface area contributed by atoms with E-state index in [9.17, 15) is 0 Å². The Labute approximate surface area is 132 Å². The molecule has 1 aromatic heterocycles. The summed E-state index contributed by atoms with van der Waals surface area (Å²) in [7, 11) is 1.95. The summed E-state index contributed by atoms with van der Waals surface area (Å²) in [5, 5.41) is 4.93. The summed E-state index contributed by atoms with van der Waals surface area (Å²) < 4.78 is 10.8. The summed E-state index contributed by atoms with van der Waals surface area (Å²) in [5.41, 5.74) is 1.17. The Hall–Kier alpha value is -1.43. The number of ether oxygens (including phenoxy) is 2. The molecule has 0 spiro atoms. The zero-order chi connectivity index (χ0) is 14.7. The second-order valence-electron chi connectivity index (χ2n) is 4.58. The van der Waals surface area contributed by atoms with Crippen LogP contribution < -0.4 is 14.8 Å². The van der Waals surface area contributed by atoms with Crippen molar-refractivity contribution in [3.63, 3.8) is 0 Å². The van der Waals surface area contributed by atoms with E-state index in [0.29, 0.717) is 11.8 Å². The number of hydrogen-bond acceptors (Lipinski definition) is 5. The molecule has 0 saturated carbocycles. The summed E-state index contributed by atoms with van der Waals surface area (Å²) >= 11 is 7.53. The number of halogens is 1. The maximum atomic E-state index is 5.84. The number of aromatic nitrogens is 1. The molecule has 2 heterocycles. The Morgan fingerprint density at radius 3 is 2.90 bits per heavy atom. The van der Waals surface area contributed by atoms with Gasteiger partial charge in [0.05, 0.1) is 10.0 Å². The molecule has 0 bridgehead atoms. The first-order valence-electron chi connectivity index (χ1n) is 6.57. The van der Waals surface area contributed by atoms with Gasteiger partial charge in [0.15, 0.2) is 11.5 Å². The Morgan fingerprint density at radius 2 is 2.14 bits per heavy atom. The molecule has 1 N–H and O–H groups in total. The van der Waals surface area contributed by atoms with Crippen molar-refractivity contribution in [2.75, 3.05) is 19.6 Å². The van der Waals surface area contributed by atoms with Gasteiger partial charge >= 0.3 is 0 Å². The van der Waals surface area contributed by atoms with Crippen LogP contribution in [-0.2, 0) is 0 Å². The normalized spacial score (nSPS) is 14.2. The molecule has 3 rings (SSSR count). The number of thioether (sulfide) groups is 1. The zero-order valence-corrected chi connectivity index (χ0v) is 13.1. The van der Waals surface area contributed by atoms with Crippen LogP contribution in [-0.4, -0.2) is 24.6 Å². The lowest BCUT2D eigenvalue weighted by atomic mass is 10.1. The van der Waals surface area contributed by atoms with Crippen LogP contribution in [0.3, 0.4) is 0 Å². The number of fused-ring (bicyclic) bond motifs is 1. The van der Waals surface area contributed by atoms with Crippen LogP contribution >= 0.6 is 23.4 Å². The van der Waals surface area contributed by atoms with Gasteiger partial charge in [-0.05, 0) is 36.9 Å². The van der Waals surface area contributed by atoms with Crippen molar-refractivity contribution in [3.05, 3.63) is 47.1 Å². The van der Waals surface area contributed by atoms with Crippen LogP contribution in [0.1, 0.15) is 11.6 Å². The molecular weight excluding hydrogens is 308 g/mol. The van der Waals surface area contributed by atoms with Crippen LogP contribution in [0.4, 0.5) is 0 Å². The summed E-state index contributed by atoms with van der Waals surface area (Å²) in [6, 6.07) is 10.0. The first-order valence-corrected chi connectivity index (χ1v) is 7.94. The Balaban J connectivity index is 1.68. The number of nitrogens with one attached hydrogen (secondary N) is 1. The molecule has 2 aromatic rings. The molecule has 4 nitrogen and oxygen atoms in total. The topological polar surface area (TPSA) is 43.4 Å². The first kappa shape index (κ1) is 14.5. The van der Waals surface area contributed by atoms with Gasteiger partial charge in [0, 0.05) is 18.0 Å². The minimum Gasteiger partial charge on any atom is -0.454 e. The molecule has 0 aliphatic carbocycles. The fourth-order valence-corrected chi connectivity index (χ4v) is 3.19. The molecule has 1 aliphatic rings. The summed E-state index contributed by atoms with van der Waals surface area (Å²) in [6.07, 6.45) is 1.67. The molecule has 1 aromatic carbocycles. The third kappa shape index (κ3) is 3.43. The van der Waals surface area contributed by atoms with Gasteiger partial charge in [-0.25, -0.2) is 4.98 Å². The lowest BCUT2D eigenvalue weighted by Gasteiger charge is -2.16. The molecule has 0 radical (unpaired) electrons. The van der Waals surface area contributed by atoms with E-state index in [0.717, 1.165) is 22.3 Å². The summed E-state index contributed by atoms with van der Waals surface area (Å²) in [6.45, 7) is 0.298. The van der Waals surface area contributed by atoms with Gasteiger partial charge in [0.25, 0.3) is 0 Å². The van der Waals surface area contributed by atoms with Crippen molar-refractivity contribution in [2.24, 2.45) is 0 Å². The molecule has 6 heteroatoms. The van der Waals surface area contributed by atoms with Gasteiger partial charge in [-0.1, -0.05) is 17.7 Å². The fraction of sp³-hybridized carbons (Fsp3) is 0.267. The highest BCUT2D eigenvalue weighted by molar-refractivity contribution is 7.99. The van der Waals surface area contributed by atoms with Crippen LogP contribution in [0.5, 0.6) is 11.5 Å². The highest BCUT2D eigenvalue weighted by Crippen LogP contribution is 2.35. The predicted octanol–water partition coefficient (Wildman–Crippen LogP) is 3.52. The molecule has 1 atom stereocenters. The maximum Gasteiger partial charge on any atom is 0.231 e. The van der Waals surface area contributed by atoms with E-state index in [1.54, 1.807) is 18.0 Å². The van der Waals surface area contributed by atoms with E-state index in [1.807, 2.05) is 31.3 Å². The Bertz CT molecular complexity index is 622. The SMILES string of the molecule is CNC(CSc1ccc(Cl)cn1)c1ccc2c(c1)OCO2. The van der Waals surface area contributed by atoms with Crippen LogP contribution in [0.15, 0.2) is 41.6 Å². The van der Waals surface area contributed by atoms with Gasteiger partial charge in [-0.15, -0.1) is 11.8 Å². The molecule has 0 amide bonds. The smallest absolute Gasteiger partial charge is 0.231 e. The van der Waals surface area contributed by atoms with E-state index in [1.165, 1.54) is 5.56 Å². The second-order valence-corrected chi connectivity index (χ2v) is 6.06. The average molecular weight is 323 g/mol. The molecule has 110 valence electrons. The summed E-state index contributed by atoms with van der Waals surface area (Å²) in [4.78, 5) is 4.29. The lowest BCUT2D eigenvalue weighted by molar-refractivity contribution is 0.174. The van der Waals surface area contributed by atoms with Gasteiger partial charge in [0.1, 0.15) is 0 Å². The van der Waals surface area contributed by atoms with Gasteiger partial charge in [-0.2, -0.15) is 0 Å². The lowest BCUT2D eigenvalue weighted by Crippen LogP contribution is -2.18. The van der Waals surface area contributed by atoms with Crippen molar-refractivity contribution >= 4 is 23.4 Å². The Morgan fingerprint density at radius 1 is 1.29 bits per heavy atom. The quantitative estimate of drug-likeness (QED) is 0.853. The number of pyridine rings is 1. The standard InChI is InChI=1S/C15H15ClN2O2S/c1-17-12(8-21-15-5-3-11(16)7-18-15)10-2-4-13-14(6-10)20-9-19-13/h2-7,12,17H,8-9H2,1H3. The monoisotopic (exact) mass is 322 g/mol. The molecule has 21 heavy (non-hydrogen) atoms. The molecule has 1 unspecified atom stereocenters. The van der Waals surface area contributed by atoms with Crippen molar-refractivity contribution in [3.8, 4) is 11.5 Å². The largest absolute Gasteiger partial charge is 0.454 e. The van der Waals surface area contributed by atoms with Crippen molar-refractivity contribution in [1.29, 1.82) is 0 Å². The van der Waals surface area contributed by atoms with E-state index in [4.69, 9.17) is 21.1 Å². The molecule has 1 aliphatic heterocycles. The number of nitrogens with zero attached hydrogens (tertiary/aromatic N) is 1. The van der Waals surface area contributed by atoms with Crippen LogP contribution in [0, 0.1) is 0 Å². The third-order valence-corrected chi connectivity index (χ3v) is 4.51. The van der Waals surface area contributed by atoms with Crippen LogP contribution in [0.25, 0.3) is 0 Å². The van der Waals surface area contributed by atoms with E-state index >= 15 is 0 Å². The number of hydrogen-bond donors (Lipinski definition) is 1. The third-order valence-electron chi connectivity index (χ3n) is 3.25. The average Bonchev–Trinajstić information content (AvgIpc) is 2.97. The second kappa shape index (κ2) is 6.56. The first-order chi connectivity index (χ1) is 10.3. The maximum absolute atomic E-state index is 5.84. The van der Waals surface area contributed by atoms with Gasteiger partial charge < -0.3 is 14.8 Å². The molecular formula is C15H15ClN2O2S. The van der Waals surface area contributed by atoms with Gasteiger partial charge in [-0.3, -0.25) is 0 Å². The van der Waals surface area contributed by atoms with Crippen molar-refractivity contribution < 1.29 is 9.47 Å². The molecule has 0 fully saturated rings. The highest BCUT2D eigenvalue weighted by Gasteiger charge is 2.17. The van der Waals surface area contributed by atoms with E-state index in [-0.39, 0.29) is 6.04 Å². The zero-order valence-electron chi connectivity index (χ0n) is 11.5. The minimum absolute atomic E-state index is 0.210. The predicted molar refractivity (Wildman–Crippen MR) is 84.3 cm³/mol. The summed E-state index contributed by atoms with van der Waals surface area (Å²) in [5.74, 6) is 2.48. The number of benzene rings is 1. The van der Waals surface area contributed by atoms with Crippen LogP contribution in [0.2, 0.25) is 5.02 Å². The molecule has 0 saturated heterocycles. The van der Waals surface area contributed by atoms with E-state index < -0.39 is 0 Å². The minimum atomic E-state index is 0.210. The number of rotatable bonds is 5. The van der Waals surface area contributed by atoms with E-state index in [2.05, 4.69) is 16.4 Å². The Kier molecular flexibility index (Phi) is 4.53. The highest BCUT2D eigenvalue weighted by atomic mass is 35.5. The van der Waals surface area contributed by atoms with Crippen molar-refractivity contribution in [1.82, 2.24) is 10.3 Å². The fourth-order valence-electron chi connectivity index (χ4n) is 2.09.